The predicted octanol–water partition coefficient (Wildman–Crippen LogP) is 6.11. The zero-order valence-corrected chi connectivity index (χ0v) is 17.3. The van der Waals surface area contributed by atoms with Crippen molar-refractivity contribution in [3.63, 3.8) is 0 Å². The smallest absolute Gasteiger partial charge is 0.161 e. The van der Waals surface area contributed by atoms with Gasteiger partial charge in [-0.2, -0.15) is 5.26 Å². The number of thiazole rings is 1. The Morgan fingerprint density at radius 3 is 2.68 bits per heavy atom. The summed E-state index contributed by atoms with van der Waals surface area (Å²) in [6.07, 6.45) is 1.56. The minimum Gasteiger partial charge on any atom is -0.493 e. The lowest BCUT2D eigenvalue weighted by atomic mass is 10.1. The third-order valence-corrected chi connectivity index (χ3v) is 5.55. The third kappa shape index (κ3) is 4.23. The normalized spacial score (nSPS) is 11.0. The van der Waals surface area contributed by atoms with Gasteiger partial charge in [-0.15, -0.1) is 11.3 Å². The number of rotatable bonds is 6. The van der Waals surface area contributed by atoms with Crippen LogP contribution in [0.3, 0.4) is 0 Å². The van der Waals surface area contributed by atoms with Crippen LogP contribution in [0.5, 0.6) is 11.5 Å². The summed E-state index contributed by atoms with van der Waals surface area (Å²) in [5, 5.41) is 15.8. The first kappa shape index (κ1) is 20.0. The van der Waals surface area contributed by atoms with Crippen LogP contribution in [-0.2, 0) is 0 Å². The molecule has 0 atom stereocenters. The minimum absolute atomic E-state index is 0.382. The summed E-state index contributed by atoms with van der Waals surface area (Å²) >= 11 is 13.5. The Morgan fingerprint density at radius 2 is 1.96 bits per heavy atom. The van der Waals surface area contributed by atoms with E-state index in [1.165, 1.54) is 11.3 Å². The van der Waals surface area contributed by atoms with Crippen LogP contribution in [0.4, 0.5) is 5.69 Å². The summed E-state index contributed by atoms with van der Waals surface area (Å²) in [7, 11) is 3.17. The van der Waals surface area contributed by atoms with Gasteiger partial charge in [-0.25, -0.2) is 4.98 Å². The molecule has 2 aromatic carbocycles. The number of anilines is 1. The molecule has 1 heterocycles. The molecule has 0 unspecified atom stereocenters. The average Bonchev–Trinajstić information content (AvgIpc) is 3.21. The maximum Gasteiger partial charge on any atom is 0.161 e. The Bertz CT molecular complexity index is 1070. The fourth-order valence-electron chi connectivity index (χ4n) is 2.43. The molecule has 1 aromatic heterocycles. The van der Waals surface area contributed by atoms with Crippen molar-refractivity contribution in [2.24, 2.45) is 0 Å². The number of aromatic nitrogens is 1. The first-order chi connectivity index (χ1) is 13.6. The lowest BCUT2D eigenvalue weighted by Crippen LogP contribution is -1.93. The number of hydrogen-bond acceptors (Lipinski definition) is 6. The molecule has 142 valence electrons. The number of halogens is 2. The molecule has 0 fully saturated rings. The molecule has 0 aliphatic heterocycles. The van der Waals surface area contributed by atoms with Crippen molar-refractivity contribution < 1.29 is 9.47 Å². The van der Waals surface area contributed by atoms with Crippen LogP contribution < -0.4 is 14.8 Å². The van der Waals surface area contributed by atoms with Crippen molar-refractivity contribution in [2.45, 2.75) is 0 Å². The van der Waals surface area contributed by atoms with Gasteiger partial charge in [-0.05, 0) is 30.3 Å². The molecule has 1 N–H and O–H groups in total. The molecule has 0 bridgehead atoms. The molecule has 28 heavy (non-hydrogen) atoms. The number of nitriles is 1. The quantitative estimate of drug-likeness (QED) is 0.476. The van der Waals surface area contributed by atoms with Gasteiger partial charge < -0.3 is 14.8 Å². The van der Waals surface area contributed by atoms with E-state index in [1.54, 1.807) is 38.6 Å². The Hall–Kier alpha value is -2.72. The van der Waals surface area contributed by atoms with Crippen molar-refractivity contribution in [1.29, 1.82) is 5.26 Å². The van der Waals surface area contributed by atoms with E-state index in [9.17, 15) is 5.26 Å². The van der Waals surface area contributed by atoms with E-state index in [-0.39, 0.29) is 0 Å². The fourth-order valence-corrected chi connectivity index (χ4v) is 3.58. The third-order valence-electron chi connectivity index (χ3n) is 3.86. The van der Waals surface area contributed by atoms with Crippen molar-refractivity contribution in [3.05, 3.63) is 63.0 Å². The van der Waals surface area contributed by atoms with Gasteiger partial charge in [0.05, 0.1) is 35.6 Å². The molecule has 0 saturated heterocycles. The SMILES string of the molecule is COc1ccc(-c2csc(C(C#N)=CNc3cccc(Cl)c3Cl)n2)cc1OC. The minimum atomic E-state index is 0.382. The zero-order chi connectivity index (χ0) is 20.1. The van der Waals surface area contributed by atoms with E-state index in [0.717, 1.165) is 11.3 Å². The predicted molar refractivity (Wildman–Crippen MR) is 114 cm³/mol. The molecule has 0 radical (unpaired) electrons. The lowest BCUT2D eigenvalue weighted by Gasteiger charge is -2.08. The summed E-state index contributed by atoms with van der Waals surface area (Å²) in [6.45, 7) is 0. The number of methoxy groups -OCH3 is 2. The summed E-state index contributed by atoms with van der Waals surface area (Å²) in [5.74, 6) is 1.25. The van der Waals surface area contributed by atoms with Crippen molar-refractivity contribution in [2.75, 3.05) is 19.5 Å². The van der Waals surface area contributed by atoms with E-state index < -0.39 is 0 Å². The summed E-state index contributed by atoms with van der Waals surface area (Å²) in [5.41, 5.74) is 2.59. The molecule has 0 aliphatic carbocycles. The fraction of sp³-hybridized carbons (Fsp3) is 0.100. The molecule has 0 spiro atoms. The molecule has 3 rings (SSSR count). The largest absolute Gasteiger partial charge is 0.493 e. The number of nitrogens with one attached hydrogen (secondary N) is 1. The second-order valence-corrected chi connectivity index (χ2v) is 7.17. The zero-order valence-electron chi connectivity index (χ0n) is 15.0. The van der Waals surface area contributed by atoms with E-state index in [0.29, 0.717) is 37.8 Å². The molecule has 5 nitrogen and oxygen atoms in total. The van der Waals surface area contributed by atoms with Crippen LogP contribution >= 0.6 is 34.5 Å². The molecule has 0 saturated carbocycles. The summed E-state index contributed by atoms with van der Waals surface area (Å²) in [6, 6.07) is 12.9. The second kappa shape index (κ2) is 8.98. The van der Waals surface area contributed by atoms with Gasteiger partial charge in [0, 0.05) is 17.1 Å². The number of nitrogens with zero attached hydrogens (tertiary/aromatic N) is 2. The van der Waals surface area contributed by atoms with Crippen molar-refractivity contribution in [1.82, 2.24) is 4.98 Å². The van der Waals surface area contributed by atoms with E-state index in [1.807, 2.05) is 23.6 Å². The molecular formula is C20H15Cl2N3O2S. The van der Waals surface area contributed by atoms with Gasteiger partial charge in [0.25, 0.3) is 0 Å². The highest BCUT2D eigenvalue weighted by Crippen LogP contribution is 2.34. The molecular weight excluding hydrogens is 417 g/mol. The van der Waals surface area contributed by atoms with Crippen LogP contribution in [0.15, 0.2) is 48.0 Å². The maximum atomic E-state index is 9.52. The van der Waals surface area contributed by atoms with E-state index >= 15 is 0 Å². The van der Waals surface area contributed by atoms with Gasteiger partial charge in [-0.1, -0.05) is 29.3 Å². The topological polar surface area (TPSA) is 67.2 Å². The van der Waals surface area contributed by atoms with Crippen LogP contribution in [0.1, 0.15) is 5.01 Å². The van der Waals surface area contributed by atoms with Gasteiger partial charge in [0.15, 0.2) is 11.5 Å². The Kier molecular flexibility index (Phi) is 6.42. The molecule has 0 amide bonds. The standard InChI is InChI=1S/C20H15Cl2N3O2S/c1-26-17-7-6-12(8-18(17)27-2)16-11-28-20(25-16)13(9-23)10-24-15-5-3-4-14(21)19(15)22/h3-8,10-11,24H,1-2H3. The van der Waals surface area contributed by atoms with Gasteiger partial charge in [-0.3, -0.25) is 0 Å². The molecule has 0 aliphatic rings. The monoisotopic (exact) mass is 431 g/mol. The summed E-state index contributed by atoms with van der Waals surface area (Å²) < 4.78 is 10.6. The maximum absolute atomic E-state index is 9.52. The van der Waals surface area contributed by atoms with E-state index in [4.69, 9.17) is 32.7 Å². The van der Waals surface area contributed by atoms with Crippen molar-refractivity contribution in [3.8, 4) is 28.8 Å². The number of ether oxygens (including phenoxy) is 2. The van der Waals surface area contributed by atoms with Crippen molar-refractivity contribution >= 4 is 45.8 Å². The van der Waals surface area contributed by atoms with Crippen LogP contribution in [-0.4, -0.2) is 19.2 Å². The Balaban J connectivity index is 1.87. The van der Waals surface area contributed by atoms with Crippen LogP contribution in [0, 0.1) is 11.3 Å². The van der Waals surface area contributed by atoms with Gasteiger partial charge in [0.1, 0.15) is 16.6 Å². The lowest BCUT2D eigenvalue weighted by molar-refractivity contribution is 0.355. The van der Waals surface area contributed by atoms with E-state index in [2.05, 4.69) is 16.4 Å². The second-order valence-electron chi connectivity index (χ2n) is 5.52. The first-order valence-corrected chi connectivity index (χ1v) is 9.70. The number of allylic oxidation sites excluding steroid dienone is 1. The van der Waals surface area contributed by atoms with Crippen LogP contribution in [0.2, 0.25) is 10.0 Å². The molecule has 3 aromatic rings. The summed E-state index contributed by atoms with van der Waals surface area (Å²) in [4.78, 5) is 4.57. The average molecular weight is 432 g/mol. The van der Waals surface area contributed by atoms with Crippen LogP contribution in [0.25, 0.3) is 16.8 Å². The highest BCUT2D eigenvalue weighted by molar-refractivity contribution is 7.11. The highest BCUT2D eigenvalue weighted by Gasteiger charge is 2.12. The molecule has 8 heteroatoms. The number of hydrogen-bond donors (Lipinski definition) is 1. The van der Waals surface area contributed by atoms with Gasteiger partial charge >= 0.3 is 0 Å². The van der Waals surface area contributed by atoms with Gasteiger partial charge in [0.2, 0.25) is 0 Å². The Labute approximate surface area is 176 Å². The highest BCUT2D eigenvalue weighted by atomic mass is 35.5. The first-order valence-electron chi connectivity index (χ1n) is 8.06. The number of benzene rings is 2. The Morgan fingerprint density at radius 1 is 1.18 bits per heavy atom.